The van der Waals surface area contributed by atoms with Crippen molar-refractivity contribution in [2.75, 3.05) is 26.3 Å². The molecular weight excluding hydrogens is 228 g/mol. The highest BCUT2D eigenvalue weighted by Crippen LogP contribution is 2.17. The van der Waals surface area contributed by atoms with Crippen molar-refractivity contribution in [2.24, 2.45) is 7.05 Å². The number of aryl methyl sites for hydroxylation is 1. The molecule has 0 bridgehead atoms. The van der Waals surface area contributed by atoms with Crippen LogP contribution in [0.15, 0.2) is 6.33 Å². The molecule has 2 rings (SSSR count). The molecule has 1 aromatic rings. The summed E-state index contributed by atoms with van der Waals surface area (Å²) in [6.45, 7) is 1.80. The van der Waals surface area contributed by atoms with Crippen LogP contribution in [0.2, 0.25) is 0 Å². The van der Waals surface area contributed by atoms with Crippen LogP contribution in [-0.2, 0) is 11.8 Å². The average Bonchev–Trinajstić information content (AvgIpc) is 2.71. The molecule has 0 unspecified atom stereocenters. The molecule has 0 saturated carbocycles. The van der Waals surface area contributed by atoms with E-state index in [0.717, 1.165) is 0 Å². The summed E-state index contributed by atoms with van der Waals surface area (Å²) in [7, 11) is 1.56. The number of hydrogen-bond acceptors (Lipinski definition) is 5. The fourth-order valence-electron chi connectivity index (χ4n) is 1.71. The standard InChI is InChI=1S/C9H12N4O4/c1-11-6-10-8(13(15)16)7(11)9(14)12-2-4-17-5-3-12/h6H,2-5H2,1H3. The molecule has 0 aromatic carbocycles. The van der Waals surface area contributed by atoms with Gasteiger partial charge in [-0.1, -0.05) is 0 Å². The zero-order valence-electron chi connectivity index (χ0n) is 9.33. The van der Waals surface area contributed by atoms with Crippen LogP contribution in [0.5, 0.6) is 0 Å². The zero-order chi connectivity index (χ0) is 12.4. The lowest BCUT2D eigenvalue weighted by atomic mass is 10.3. The van der Waals surface area contributed by atoms with Gasteiger partial charge in [0.05, 0.1) is 13.2 Å². The Bertz CT molecular complexity index is 450. The van der Waals surface area contributed by atoms with Gasteiger partial charge in [-0.2, -0.15) is 0 Å². The van der Waals surface area contributed by atoms with E-state index >= 15 is 0 Å². The molecule has 2 heterocycles. The van der Waals surface area contributed by atoms with E-state index in [1.807, 2.05) is 0 Å². The third-order valence-electron chi connectivity index (χ3n) is 2.59. The van der Waals surface area contributed by atoms with Crippen LogP contribution in [0, 0.1) is 10.1 Å². The number of hydrogen-bond donors (Lipinski definition) is 0. The van der Waals surface area contributed by atoms with Crippen molar-refractivity contribution in [3.63, 3.8) is 0 Å². The molecule has 1 aliphatic rings. The van der Waals surface area contributed by atoms with Crippen molar-refractivity contribution in [2.45, 2.75) is 0 Å². The highest BCUT2D eigenvalue weighted by Gasteiger charge is 2.30. The quantitative estimate of drug-likeness (QED) is 0.527. The topological polar surface area (TPSA) is 90.5 Å². The highest BCUT2D eigenvalue weighted by molar-refractivity contribution is 5.96. The van der Waals surface area contributed by atoms with Crippen molar-refractivity contribution in [1.82, 2.24) is 14.5 Å². The molecule has 1 saturated heterocycles. The molecule has 0 aliphatic carbocycles. The van der Waals surface area contributed by atoms with E-state index in [2.05, 4.69) is 4.98 Å². The first kappa shape index (κ1) is 11.5. The molecular formula is C9H12N4O4. The Labute approximate surface area is 96.9 Å². The minimum Gasteiger partial charge on any atom is -0.378 e. The average molecular weight is 240 g/mol. The maximum Gasteiger partial charge on any atom is 0.394 e. The summed E-state index contributed by atoms with van der Waals surface area (Å²) in [5.74, 6) is -0.774. The third-order valence-corrected chi connectivity index (χ3v) is 2.59. The number of aromatic nitrogens is 2. The number of carbonyl (C=O) groups is 1. The first-order valence-corrected chi connectivity index (χ1v) is 5.14. The normalized spacial score (nSPS) is 15.9. The molecule has 1 amide bonds. The van der Waals surface area contributed by atoms with Crippen LogP contribution in [0.25, 0.3) is 0 Å². The van der Waals surface area contributed by atoms with E-state index in [-0.39, 0.29) is 11.6 Å². The number of ether oxygens (including phenoxy) is 1. The zero-order valence-corrected chi connectivity index (χ0v) is 9.33. The molecule has 8 nitrogen and oxygen atoms in total. The Morgan fingerprint density at radius 2 is 2.18 bits per heavy atom. The Morgan fingerprint density at radius 3 is 2.76 bits per heavy atom. The highest BCUT2D eigenvalue weighted by atomic mass is 16.6. The number of imidazole rings is 1. The first-order valence-electron chi connectivity index (χ1n) is 5.14. The second-order valence-electron chi connectivity index (χ2n) is 3.69. The number of morpholine rings is 1. The summed E-state index contributed by atoms with van der Waals surface area (Å²) in [5, 5.41) is 10.8. The van der Waals surface area contributed by atoms with Gasteiger partial charge in [0.25, 0.3) is 5.91 Å². The number of rotatable bonds is 2. The monoisotopic (exact) mass is 240 g/mol. The summed E-state index contributed by atoms with van der Waals surface area (Å²) in [6.07, 6.45) is 1.27. The molecule has 92 valence electrons. The molecule has 8 heteroatoms. The third kappa shape index (κ3) is 2.11. The van der Waals surface area contributed by atoms with Crippen LogP contribution >= 0.6 is 0 Å². The smallest absolute Gasteiger partial charge is 0.378 e. The maximum absolute atomic E-state index is 12.1. The lowest BCUT2D eigenvalue weighted by Gasteiger charge is -2.26. The maximum atomic E-state index is 12.1. The fraction of sp³-hybridized carbons (Fsp3) is 0.556. The minimum absolute atomic E-state index is 0.0110. The van der Waals surface area contributed by atoms with E-state index in [0.29, 0.717) is 26.3 Å². The lowest BCUT2D eigenvalue weighted by Crippen LogP contribution is -2.41. The Hall–Kier alpha value is -1.96. The van der Waals surface area contributed by atoms with E-state index in [1.165, 1.54) is 15.8 Å². The number of amides is 1. The van der Waals surface area contributed by atoms with E-state index in [4.69, 9.17) is 4.74 Å². The largest absolute Gasteiger partial charge is 0.394 e. The van der Waals surface area contributed by atoms with Crippen molar-refractivity contribution in [3.8, 4) is 0 Å². The Balaban J connectivity index is 2.29. The molecule has 1 aliphatic heterocycles. The molecule has 17 heavy (non-hydrogen) atoms. The second kappa shape index (κ2) is 4.50. The van der Waals surface area contributed by atoms with Gasteiger partial charge in [0, 0.05) is 20.1 Å². The summed E-state index contributed by atoms with van der Waals surface area (Å²) in [6, 6.07) is 0. The van der Waals surface area contributed by atoms with Gasteiger partial charge in [0.2, 0.25) is 12.0 Å². The fourth-order valence-corrected chi connectivity index (χ4v) is 1.71. The Morgan fingerprint density at radius 1 is 1.53 bits per heavy atom. The van der Waals surface area contributed by atoms with Crippen molar-refractivity contribution in [3.05, 3.63) is 22.1 Å². The summed E-state index contributed by atoms with van der Waals surface area (Å²) in [4.78, 5) is 27.4. The van der Waals surface area contributed by atoms with Crippen molar-refractivity contribution < 1.29 is 14.5 Å². The van der Waals surface area contributed by atoms with Crippen LogP contribution in [-0.4, -0.2) is 51.6 Å². The lowest BCUT2D eigenvalue weighted by molar-refractivity contribution is -0.389. The molecule has 0 radical (unpaired) electrons. The number of nitrogens with zero attached hydrogens (tertiary/aromatic N) is 4. The van der Waals surface area contributed by atoms with Gasteiger partial charge in [0.15, 0.2) is 0 Å². The van der Waals surface area contributed by atoms with E-state index < -0.39 is 10.7 Å². The molecule has 0 spiro atoms. The van der Waals surface area contributed by atoms with Gasteiger partial charge in [-0.3, -0.25) is 4.79 Å². The van der Waals surface area contributed by atoms with Crippen LogP contribution < -0.4 is 0 Å². The Kier molecular flexibility index (Phi) is 3.05. The first-order chi connectivity index (χ1) is 8.11. The predicted molar refractivity (Wildman–Crippen MR) is 56.6 cm³/mol. The van der Waals surface area contributed by atoms with Crippen LogP contribution in [0.4, 0.5) is 5.82 Å². The van der Waals surface area contributed by atoms with E-state index in [9.17, 15) is 14.9 Å². The number of nitro groups is 1. The molecule has 1 fully saturated rings. The molecule has 1 aromatic heterocycles. The van der Waals surface area contributed by atoms with Gasteiger partial charge < -0.3 is 24.3 Å². The van der Waals surface area contributed by atoms with Gasteiger partial charge in [-0.05, 0) is 9.91 Å². The minimum atomic E-state index is -0.645. The van der Waals surface area contributed by atoms with E-state index in [1.54, 1.807) is 7.05 Å². The summed E-state index contributed by atoms with van der Waals surface area (Å²) >= 11 is 0. The SMILES string of the molecule is Cn1cnc([N+](=O)[O-])c1C(=O)N1CCOCC1. The van der Waals surface area contributed by atoms with Crippen molar-refractivity contribution >= 4 is 11.7 Å². The summed E-state index contributed by atoms with van der Waals surface area (Å²) in [5.41, 5.74) is 0.0110. The van der Waals surface area contributed by atoms with Gasteiger partial charge >= 0.3 is 5.82 Å². The van der Waals surface area contributed by atoms with Gasteiger partial charge in [-0.25, -0.2) is 0 Å². The van der Waals surface area contributed by atoms with Gasteiger partial charge in [0.1, 0.15) is 0 Å². The summed E-state index contributed by atoms with van der Waals surface area (Å²) < 4.78 is 6.50. The molecule has 0 atom stereocenters. The van der Waals surface area contributed by atoms with Crippen molar-refractivity contribution in [1.29, 1.82) is 0 Å². The van der Waals surface area contributed by atoms with Crippen LogP contribution in [0.3, 0.4) is 0 Å². The van der Waals surface area contributed by atoms with Crippen LogP contribution in [0.1, 0.15) is 10.5 Å². The van der Waals surface area contributed by atoms with Gasteiger partial charge in [-0.15, -0.1) is 0 Å². The predicted octanol–water partition coefficient (Wildman–Crippen LogP) is -0.199. The molecule has 0 N–H and O–H groups in total. The number of carbonyl (C=O) groups excluding carboxylic acids is 1. The second-order valence-corrected chi connectivity index (χ2v) is 3.69.